The number of likely N-dealkylation sites (tertiary alicyclic amines) is 1. The molecule has 0 aromatic heterocycles. The molecule has 1 aromatic carbocycles. The summed E-state index contributed by atoms with van der Waals surface area (Å²) in [6.45, 7) is 1.20. The van der Waals surface area contributed by atoms with E-state index < -0.39 is 0 Å². The lowest BCUT2D eigenvalue weighted by atomic mass is 10.1. The Labute approximate surface area is 122 Å². The maximum atomic E-state index is 12.4. The van der Waals surface area contributed by atoms with Gasteiger partial charge in [0.15, 0.2) is 5.75 Å². The fraction of sp³-hybridized carbons (Fsp3) is 0.462. The summed E-state index contributed by atoms with van der Waals surface area (Å²) in [5.74, 6) is 0.302. The number of halogens is 2. The summed E-state index contributed by atoms with van der Waals surface area (Å²) < 4.78 is 5.07. The Kier molecular flexibility index (Phi) is 4.55. The Balaban J connectivity index is 2.29. The molecule has 1 aliphatic heterocycles. The van der Waals surface area contributed by atoms with Crippen LogP contribution in [0, 0.1) is 0 Å². The predicted octanol–water partition coefficient (Wildman–Crippen LogP) is 2.57. The van der Waals surface area contributed by atoms with E-state index in [-0.39, 0.29) is 11.9 Å². The monoisotopic (exact) mass is 302 g/mol. The average Bonchev–Trinajstić information content (AvgIpc) is 2.85. The lowest BCUT2D eigenvalue weighted by Crippen LogP contribution is -2.39. The van der Waals surface area contributed by atoms with Crippen LogP contribution in [-0.4, -0.2) is 37.0 Å². The first-order chi connectivity index (χ1) is 9.08. The number of benzene rings is 1. The van der Waals surface area contributed by atoms with Crippen LogP contribution in [0.1, 0.15) is 23.2 Å². The topological polar surface area (TPSA) is 55.6 Å². The fourth-order valence-electron chi connectivity index (χ4n) is 2.39. The van der Waals surface area contributed by atoms with Crippen molar-refractivity contribution in [3.63, 3.8) is 0 Å². The molecule has 1 atom stereocenters. The summed E-state index contributed by atoms with van der Waals surface area (Å²) in [6, 6.07) is 3.27. The van der Waals surface area contributed by atoms with E-state index in [2.05, 4.69) is 0 Å². The summed E-state index contributed by atoms with van der Waals surface area (Å²) in [6.07, 6.45) is 1.92. The SMILES string of the molecule is COc1c(Cl)cc(C(=O)N2CCC[C@H]2CN)cc1Cl. The van der Waals surface area contributed by atoms with Crippen LogP contribution in [0.15, 0.2) is 12.1 Å². The minimum absolute atomic E-state index is 0.0839. The second kappa shape index (κ2) is 5.99. The molecule has 104 valence electrons. The normalized spacial score (nSPS) is 18.7. The third kappa shape index (κ3) is 2.81. The first kappa shape index (κ1) is 14.4. The molecule has 6 heteroatoms. The zero-order valence-electron chi connectivity index (χ0n) is 10.7. The number of carbonyl (C=O) groups is 1. The number of nitrogens with two attached hydrogens (primary N) is 1. The molecule has 0 aliphatic carbocycles. The van der Waals surface area contributed by atoms with Crippen LogP contribution >= 0.6 is 23.2 Å². The van der Waals surface area contributed by atoms with Crippen molar-refractivity contribution in [1.29, 1.82) is 0 Å². The van der Waals surface area contributed by atoms with Crippen molar-refractivity contribution < 1.29 is 9.53 Å². The van der Waals surface area contributed by atoms with E-state index in [0.717, 1.165) is 19.4 Å². The van der Waals surface area contributed by atoms with E-state index in [1.54, 1.807) is 17.0 Å². The third-order valence-electron chi connectivity index (χ3n) is 3.36. The van der Waals surface area contributed by atoms with Crippen molar-refractivity contribution in [2.45, 2.75) is 18.9 Å². The lowest BCUT2D eigenvalue weighted by molar-refractivity contribution is 0.0741. The van der Waals surface area contributed by atoms with Crippen molar-refractivity contribution in [2.75, 3.05) is 20.2 Å². The summed E-state index contributed by atoms with van der Waals surface area (Å²) >= 11 is 12.1. The van der Waals surface area contributed by atoms with E-state index in [1.807, 2.05) is 0 Å². The van der Waals surface area contributed by atoms with E-state index in [0.29, 0.717) is 27.9 Å². The van der Waals surface area contributed by atoms with Gasteiger partial charge in [0.1, 0.15) is 0 Å². The van der Waals surface area contributed by atoms with Crippen molar-refractivity contribution in [3.05, 3.63) is 27.7 Å². The molecule has 2 N–H and O–H groups in total. The molecule has 1 amide bonds. The van der Waals surface area contributed by atoms with Gasteiger partial charge in [-0.2, -0.15) is 0 Å². The first-order valence-electron chi connectivity index (χ1n) is 6.12. The van der Waals surface area contributed by atoms with Gasteiger partial charge in [-0.3, -0.25) is 4.79 Å². The Bertz CT molecular complexity index is 471. The molecule has 1 aromatic rings. The van der Waals surface area contributed by atoms with Gasteiger partial charge in [-0.15, -0.1) is 0 Å². The highest BCUT2D eigenvalue weighted by Crippen LogP contribution is 2.34. The van der Waals surface area contributed by atoms with Gasteiger partial charge >= 0.3 is 0 Å². The molecule has 0 radical (unpaired) electrons. The highest BCUT2D eigenvalue weighted by Gasteiger charge is 2.29. The second-order valence-electron chi connectivity index (χ2n) is 4.50. The van der Waals surface area contributed by atoms with Crippen LogP contribution in [0.3, 0.4) is 0 Å². The van der Waals surface area contributed by atoms with Gasteiger partial charge in [0.2, 0.25) is 0 Å². The molecule has 4 nitrogen and oxygen atoms in total. The second-order valence-corrected chi connectivity index (χ2v) is 5.32. The minimum Gasteiger partial charge on any atom is -0.494 e. The molecular formula is C13H16Cl2N2O2. The van der Waals surface area contributed by atoms with Crippen molar-refractivity contribution in [1.82, 2.24) is 4.90 Å². The Morgan fingerprint density at radius 1 is 1.47 bits per heavy atom. The van der Waals surface area contributed by atoms with Crippen molar-refractivity contribution in [2.24, 2.45) is 5.73 Å². The molecule has 0 saturated carbocycles. The summed E-state index contributed by atoms with van der Waals surface area (Å²) in [5, 5.41) is 0.670. The lowest BCUT2D eigenvalue weighted by Gasteiger charge is -2.23. The van der Waals surface area contributed by atoms with Crippen molar-refractivity contribution >= 4 is 29.1 Å². The molecule has 2 rings (SSSR count). The van der Waals surface area contributed by atoms with E-state index >= 15 is 0 Å². The van der Waals surface area contributed by atoms with E-state index in [9.17, 15) is 4.79 Å². The predicted molar refractivity (Wildman–Crippen MR) is 76.1 cm³/mol. The standard InChI is InChI=1S/C13H16Cl2N2O2/c1-19-12-10(14)5-8(6-11(12)15)13(18)17-4-2-3-9(17)7-16/h5-6,9H,2-4,7,16H2,1H3/t9-/m0/s1. The Morgan fingerprint density at radius 3 is 2.63 bits per heavy atom. The van der Waals surface area contributed by atoms with Crippen LogP contribution in [0.5, 0.6) is 5.75 Å². The van der Waals surface area contributed by atoms with Gasteiger partial charge < -0.3 is 15.4 Å². The van der Waals surface area contributed by atoms with Gasteiger partial charge in [-0.05, 0) is 25.0 Å². The van der Waals surface area contributed by atoms with Crippen LogP contribution in [0.25, 0.3) is 0 Å². The Hall–Kier alpha value is -0.970. The number of hydrogen-bond donors (Lipinski definition) is 1. The number of amides is 1. The maximum absolute atomic E-state index is 12.4. The maximum Gasteiger partial charge on any atom is 0.254 e. The highest BCUT2D eigenvalue weighted by atomic mass is 35.5. The average molecular weight is 303 g/mol. The summed E-state index contributed by atoms with van der Waals surface area (Å²) in [7, 11) is 1.49. The number of methoxy groups -OCH3 is 1. The van der Waals surface area contributed by atoms with Gasteiger partial charge in [0.05, 0.1) is 17.2 Å². The summed E-state index contributed by atoms with van der Waals surface area (Å²) in [4.78, 5) is 14.2. The third-order valence-corrected chi connectivity index (χ3v) is 3.92. The number of carbonyl (C=O) groups excluding carboxylic acids is 1. The number of nitrogens with zero attached hydrogens (tertiary/aromatic N) is 1. The molecule has 0 spiro atoms. The van der Waals surface area contributed by atoms with E-state index in [1.165, 1.54) is 7.11 Å². The molecule has 1 saturated heterocycles. The molecule has 0 unspecified atom stereocenters. The van der Waals surface area contributed by atoms with Crippen LogP contribution in [-0.2, 0) is 0 Å². The quantitative estimate of drug-likeness (QED) is 0.933. The zero-order chi connectivity index (χ0) is 14.0. The van der Waals surface area contributed by atoms with Crippen LogP contribution in [0.4, 0.5) is 0 Å². The van der Waals surface area contributed by atoms with Crippen LogP contribution < -0.4 is 10.5 Å². The molecule has 1 aliphatic rings. The van der Waals surface area contributed by atoms with E-state index in [4.69, 9.17) is 33.7 Å². The van der Waals surface area contributed by atoms with Gasteiger partial charge in [-0.25, -0.2) is 0 Å². The van der Waals surface area contributed by atoms with Crippen LogP contribution in [0.2, 0.25) is 10.0 Å². The van der Waals surface area contributed by atoms with Gasteiger partial charge in [0, 0.05) is 24.7 Å². The summed E-state index contributed by atoms with van der Waals surface area (Å²) in [5.41, 5.74) is 6.15. The minimum atomic E-state index is -0.0839. The van der Waals surface area contributed by atoms with Gasteiger partial charge in [-0.1, -0.05) is 23.2 Å². The first-order valence-corrected chi connectivity index (χ1v) is 6.88. The van der Waals surface area contributed by atoms with Crippen molar-refractivity contribution in [3.8, 4) is 5.75 Å². The number of ether oxygens (including phenoxy) is 1. The van der Waals surface area contributed by atoms with Gasteiger partial charge in [0.25, 0.3) is 5.91 Å². The Morgan fingerprint density at radius 2 is 2.11 bits per heavy atom. The zero-order valence-corrected chi connectivity index (χ0v) is 12.2. The largest absolute Gasteiger partial charge is 0.494 e. The number of rotatable bonds is 3. The number of hydrogen-bond acceptors (Lipinski definition) is 3. The fourth-order valence-corrected chi connectivity index (χ4v) is 3.03. The molecule has 19 heavy (non-hydrogen) atoms. The molecule has 1 fully saturated rings. The smallest absolute Gasteiger partial charge is 0.254 e. The highest BCUT2D eigenvalue weighted by molar-refractivity contribution is 6.37. The molecule has 1 heterocycles. The molecule has 0 bridgehead atoms. The molecular weight excluding hydrogens is 287 g/mol.